The van der Waals surface area contributed by atoms with E-state index in [4.69, 9.17) is 0 Å². The first-order valence-electron chi connectivity index (χ1n) is 4.70. The van der Waals surface area contributed by atoms with E-state index in [1.54, 1.807) is 19.1 Å². The van der Waals surface area contributed by atoms with Gasteiger partial charge in [0.25, 0.3) is 0 Å². The number of rotatable bonds is 4. The largest absolute Gasteiger partial charge is 0.300 e. The summed E-state index contributed by atoms with van der Waals surface area (Å²) in [5.74, 6) is -0.113. The molecule has 0 radical (unpaired) electrons. The summed E-state index contributed by atoms with van der Waals surface area (Å²) in [7, 11) is 0. The normalized spacial score (nSPS) is 12.1. The maximum atomic E-state index is 11.7. The second-order valence-corrected chi connectivity index (χ2v) is 3.54. The number of hydrogen-bond donors (Lipinski definition) is 0. The van der Waals surface area contributed by atoms with Gasteiger partial charge in [-0.2, -0.15) is 0 Å². The minimum absolute atomic E-state index is 0.0424. The third-order valence-corrected chi connectivity index (χ3v) is 2.10. The number of carbonyl (C=O) groups excluding carboxylic acids is 2. The predicted octanol–water partition coefficient (Wildman–Crippen LogP) is 2.48. The van der Waals surface area contributed by atoms with Crippen LogP contribution in [0.2, 0.25) is 0 Å². The molecular weight excluding hydrogens is 176 g/mol. The van der Waals surface area contributed by atoms with Crippen molar-refractivity contribution in [2.24, 2.45) is 5.92 Å². The molecule has 2 nitrogen and oxygen atoms in total. The first-order valence-corrected chi connectivity index (χ1v) is 4.70. The molecule has 0 amide bonds. The zero-order chi connectivity index (χ0) is 10.6. The van der Waals surface area contributed by atoms with Crippen molar-refractivity contribution < 1.29 is 9.59 Å². The van der Waals surface area contributed by atoms with Crippen LogP contribution in [0.15, 0.2) is 30.3 Å². The molecule has 0 saturated carbocycles. The Labute approximate surface area is 83.9 Å². The topological polar surface area (TPSA) is 34.1 Å². The Morgan fingerprint density at radius 2 is 1.79 bits per heavy atom. The number of hydrogen-bond acceptors (Lipinski definition) is 2. The molecule has 1 atom stereocenters. The van der Waals surface area contributed by atoms with E-state index in [9.17, 15) is 9.59 Å². The predicted molar refractivity (Wildman–Crippen MR) is 55.2 cm³/mol. The van der Waals surface area contributed by atoms with E-state index in [1.165, 1.54) is 6.92 Å². The van der Waals surface area contributed by atoms with Crippen LogP contribution in [0.5, 0.6) is 0 Å². The van der Waals surface area contributed by atoms with E-state index in [0.717, 1.165) is 0 Å². The highest BCUT2D eigenvalue weighted by Crippen LogP contribution is 2.11. The minimum Gasteiger partial charge on any atom is -0.300 e. The third-order valence-electron chi connectivity index (χ3n) is 2.10. The summed E-state index contributed by atoms with van der Waals surface area (Å²) >= 11 is 0. The Balaban J connectivity index is 2.71. The van der Waals surface area contributed by atoms with Gasteiger partial charge in [-0.15, -0.1) is 0 Å². The van der Waals surface area contributed by atoms with Gasteiger partial charge in [0, 0.05) is 17.9 Å². The second kappa shape index (κ2) is 4.70. The molecule has 0 bridgehead atoms. The number of benzene rings is 1. The number of Topliss-reactive ketones (excluding diaryl/α,β-unsaturated/α-hetero) is 2. The second-order valence-electron chi connectivity index (χ2n) is 3.54. The van der Waals surface area contributed by atoms with Crippen molar-refractivity contribution >= 4 is 11.6 Å². The summed E-state index contributed by atoms with van der Waals surface area (Å²) in [5.41, 5.74) is 0.682. The van der Waals surface area contributed by atoms with E-state index in [-0.39, 0.29) is 17.5 Å². The minimum atomic E-state index is -0.213. The molecule has 2 heteroatoms. The molecular formula is C12H14O2. The summed E-state index contributed by atoms with van der Waals surface area (Å²) in [5, 5.41) is 0. The summed E-state index contributed by atoms with van der Waals surface area (Å²) in [4.78, 5) is 22.6. The van der Waals surface area contributed by atoms with E-state index < -0.39 is 0 Å². The van der Waals surface area contributed by atoms with Gasteiger partial charge >= 0.3 is 0 Å². The van der Waals surface area contributed by atoms with Crippen molar-refractivity contribution in [3.05, 3.63) is 35.9 Å². The van der Waals surface area contributed by atoms with Gasteiger partial charge in [-0.05, 0) is 6.92 Å². The lowest BCUT2D eigenvalue weighted by molar-refractivity contribution is -0.117. The van der Waals surface area contributed by atoms with Crippen LogP contribution in [-0.2, 0) is 4.79 Å². The molecule has 0 saturated heterocycles. The molecule has 0 aliphatic carbocycles. The number of ketones is 2. The third kappa shape index (κ3) is 2.80. The van der Waals surface area contributed by atoms with E-state index >= 15 is 0 Å². The van der Waals surface area contributed by atoms with Gasteiger partial charge in [-0.25, -0.2) is 0 Å². The molecule has 14 heavy (non-hydrogen) atoms. The van der Waals surface area contributed by atoms with Crippen molar-refractivity contribution in [2.45, 2.75) is 20.3 Å². The maximum Gasteiger partial charge on any atom is 0.166 e. The van der Waals surface area contributed by atoms with Crippen LogP contribution in [0.4, 0.5) is 0 Å². The average molecular weight is 190 g/mol. The Hall–Kier alpha value is -1.44. The lowest BCUT2D eigenvalue weighted by Gasteiger charge is -2.07. The van der Waals surface area contributed by atoms with Crippen LogP contribution in [-0.4, -0.2) is 11.6 Å². The fourth-order valence-electron chi connectivity index (χ4n) is 1.41. The summed E-state index contributed by atoms with van der Waals surface area (Å²) in [6.45, 7) is 3.30. The van der Waals surface area contributed by atoms with Gasteiger partial charge in [0.15, 0.2) is 5.78 Å². The van der Waals surface area contributed by atoms with E-state index in [0.29, 0.717) is 12.0 Å². The van der Waals surface area contributed by atoms with Crippen molar-refractivity contribution in [3.63, 3.8) is 0 Å². The van der Waals surface area contributed by atoms with Crippen LogP contribution in [0.1, 0.15) is 30.6 Å². The molecule has 0 aliphatic rings. The first kappa shape index (κ1) is 10.6. The van der Waals surface area contributed by atoms with Crippen LogP contribution in [0.3, 0.4) is 0 Å². The molecule has 74 valence electrons. The lowest BCUT2D eigenvalue weighted by atomic mass is 9.95. The average Bonchev–Trinajstić information content (AvgIpc) is 2.17. The molecule has 0 spiro atoms. The van der Waals surface area contributed by atoms with Crippen molar-refractivity contribution in [1.82, 2.24) is 0 Å². The molecule has 0 aliphatic heterocycles. The van der Waals surface area contributed by atoms with Crippen molar-refractivity contribution in [1.29, 1.82) is 0 Å². The van der Waals surface area contributed by atoms with Gasteiger partial charge < -0.3 is 4.79 Å². The van der Waals surface area contributed by atoms with Gasteiger partial charge in [-0.1, -0.05) is 37.3 Å². The highest BCUT2D eigenvalue weighted by atomic mass is 16.1. The van der Waals surface area contributed by atoms with Gasteiger partial charge in [-0.3, -0.25) is 4.79 Å². The molecule has 0 heterocycles. The van der Waals surface area contributed by atoms with Crippen LogP contribution in [0.25, 0.3) is 0 Å². The molecule has 1 aromatic rings. The summed E-state index contributed by atoms with van der Waals surface area (Å²) in [6.07, 6.45) is 0.327. The molecule has 0 fully saturated rings. The van der Waals surface area contributed by atoms with Crippen molar-refractivity contribution in [2.75, 3.05) is 0 Å². The van der Waals surface area contributed by atoms with Gasteiger partial charge in [0.1, 0.15) is 5.78 Å². The Morgan fingerprint density at radius 1 is 1.21 bits per heavy atom. The van der Waals surface area contributed by atoms with E-state index in [1.807, 2.05) is 18.2 Å². The fraction of sp³-hybridized carbons (Fsp3) is 0.333. The SMILES string of the molecule is CC(=O)C[C@H](C)C(=O)c1ccccc1. The van der Waals surface area contributed by atoms with Crippen LogP contribution >= 0.6 is 0 Å². The zero-order valence-corrected chi connectivity index (χ0v) is 8.49. The van der Waals surface area contributed by atoms with Crippen molar-refractivity contribution in [3.8, 4) is 0 Å². The summed E-state index contributed by atoms with van der Waals surface area (Å²) < 4.78 is 0. The Morgan fingerprint density at radius 3 is 2.29 bits per heavy atom. The van der Waals surface area contributed by atoms with Gasteiger partial charge in [0.2, 0.25) is 0 Å². The highest BCUT2D eigenvalue weighted by Gasteiger charge is 2.15. The number of carbonyl (C=O) groups is 2. The molecule has 0 unspecified atom stereocenters. The lowest BCUT2D eigenvalue weighted by Crippen LogP contribution is -2.14. The standard InChI is InChI=1S/C12H14O2/c1-9(8-10(2)13)12(14)11-6-4-3-5-7-11/h3-7,9H,8H2,1-2H3/t9-/m0/s1. The van der Waals surface area contributed by atoms with Gasteiger partial charge in [0.05, 0.1) is 0 Å². The molecule has 0 N–H and O–H groups in total. The molecule has 1 aromatic carbocycles. The maximum absolute atomic E-state index is 11.7. The fourth-order valence-corrected chi connectivity index (χ4v) is 1.41. The molecule has 1 rings (SSSR count). The van der Waals surface area contributed by atoms with Crippen LogP contribution < -0.4 is 0 Å². The smallest absolute Gasteiger partial charge is 0.166 e. The summed E-state index contributed by atoms with van der Waals surface area (Å²) in [6, 6.07) is 9.08. The Kier molecular flexibility index (Phi) is 3.57. The van der Waals surface area contributed by atoms with E-state index in [2.05, 4.69) is 0 Å². The zero-order valence-electron chi connectivity index (χ0n) is 8.49. The first-order chi connectivity index (χ1) is 6.61. The Bertz CT molecular complexity index is 327. The quantitative estimate of drug-likeness (QED) is 0.683. The highest BCUT2D eigenvalue weighted by molar-refractivity contribution is 5.99. The molecule has 0 aromatic heterocycles. The van der Waals surface area contributed by atoms with Crippen LogP contribution in [0, 0.1) is 5.92 Å². The monoisotopic (exact) mass is 190 g/mol.